The summed E-state index contributed by atoms with van der Waals surface area (Å²) in [4.78, 5) is 10.7. The zero-order valence-corrected chi connectivity index (χ0v) is 8.86. The van der Waals surface area contributed by atoms with Crippen molar-refractivity contribution in [2.24, 2.45) is 0 Å². The van der Waals surface area contributed by atoms with Gasteiger partial charge < -0.3 is 15.2 Å². The van der Waals surface area contributed by atoms with Gasteiger partial charge in [0.1, 0.15) is 5.75 Å². The Hall–Kier alpha value is -1.39. The van der Waals surface area contributed by atoms with Crippen LogP contribution in [0.3, 0.4) is 0 Å². The maximum absolute atomic E-state index is 10.7. The fourth-order valence-electron chi connectivity index (χ4n) is 1.24. The van der Waals surface area contributed by atoms with Gasteiger partial charge in [0.15, 0.2) is 0 Å². The number of ether oxygens (including phenoxy) is 1. The van der Waals surface area contributed by atoms with E-state index in [1.807, 2.05) is 0 Å². The molecule has 0 unspecified atom stereocenters. The van der Waals surface area contributed by atoms with Gasteiger partial charge in [0, 0.05) is 13.5 Å². The van der Waals surface area contributed by atoms with E-state index in [1.165, 1.54) is 6.92 Å². The number of rotatable bonds is 4. The molecule has 0 aliphatic carbocycles. The first-order valence-electron chi connectivity index (χ1n) is 4.74. The summed E-state index contributed by atoms with van der Waals surface area (Å²) in [6.45, 7) is 1.84. The minimum atomic E-state index is -0.540. The fourth-order valence-corrected chi connectivity index (χ4v) is 1.24. The van der Waals surface area contributed by atoms with Crippen LogP contribution >= 0.6 is 0 Å². The van der Waals surface area contributed by atoms with Crippen molar-refractivity contribution >= 4 is 5.97 Å². The lowest BCUT2D eigenvalue weighted by molar-refractivity contribution is -0.131. The number of carbonyl (C=O) groups is 1. The quantitative estimate of drug-likeness (QED) is 0.570. The van der Waals surface area contributed by atoms with Crippen LogP contribution in [-0.4, -0.2) is 24.7 Å². The molecule has 0 amide bonds. The molecule has 0 radical (unpaired) electrons. The van der Waals surface area contributed by atoms with Gasteiger partial charge in [-0.15, -0.1) is 0 Å². The number of carbonyl (C=O) groups excluding carboxylic acids is 1. The molecule has 0 heterocycles. The van der Waals surface area contributed by atoms with E-state index >= 15 is 0 Å². The number of nitrogens with one attached hydrogen (secondary N) is 1. The first-order valence-corrected chi connectivity index (χ1v) is 4.74. The summed E-state index contributed by atoms with van der Waals surface area (Å²) in [5.41, 5.74) is 0.792. The Morgan fingerprint density at radius 1 is 1.47 bits per heavy atom. The number of hydrogen-bond acceptors (Lipinski definition) is 4. The second-order valence-electron chi connectivity index (χ2n) is 3.24. The summed E-state index contributed by atoms with van der Waals surface area (Å²) in [6.07, 6.45) is -0.540. The lowest BCUT2D eigenvalue weighted by Crippen LogP contribution is -2.16. The Bertz CT molecular complexity index is 321. The van der Waals surface area contributed by atoms with Crippen LogP contribution in [0.25, 0.3) is 0 Å². The summed E-state index contributed by atoms with van der Waals surface area (Å²) in [5.74, 6) is 0.140. The van der Waals surface area contributed by atoms with Gasteiger partial charge in [-0.1, -0.05) is 12.1 Å². The molecule has 1 aromatic rings. The largest absolute Gasteiger partial charge is 0.427 e. The van der Waals surface area contributed by atoms with Crippen molar-refractivity contribution in [2.75, 3.05) is 13.6 Å². The Balaban J connectivity index is 2.67. The minimum absolute atomic E-state index is 0.349. The standard InChI is InChI=1S/C11H15NO3/c1-8(13)15-10-5-3-9(4-6-10)11(14)7-12-2/h3-6,11-12,14H,7H2,1-2H3/t11-/m1/s1. The Kier molecular flexibility index (Phi) is 4.27. The van der Waals surface area contributed by atoms with Crippen LogP contribution in [0.5, 0.6) is 5.75 Å². The molecular weight excluding hydrogens is 194 g/mol. The summed E-state index contributed by atoms with van der Waals surface area (Å²) in [5, 5.41) is 12.5. The van der Waals surface area contributed by atoms with E-state index in [-0.39, 0.29) is 5.97 Å². The molecule has 0 aromatic heterocycles. The predicted molar refractivity (Wildman–Crippen MR) is 56.6 cm³/mol. The lowest BCUT2D eigenvalue weighted by Gasteiger charge is -2.10. The predicted octanol–water partition coefficient (Wildman–Crippen LogP) is 0.865. The van der Waals surface area contributed by atoms with Crippen LogP contribution < -0.4 is 10.1 Å². The first-order chi connectivity index (χ1) is 7.13. The van der Waals surface area contributed by atoms with Gasteiger partial charge >= 0.3 is 5.97 Å². The summed E-state index contributed by atoms with van der Waals surface area (Å²) < 4.78 is 4.87. The van der Waals surface area contributed by atoms with Gasteiger partial charge in [0.25, 0.3) is 0 Å². The van der Waals surface area contributed by atoms with Gasteiger partial charge in [-0.3, -0.25) is 4.79 Å². The molecule has 2 N–H and O–H groups in total. The van der Waals surface area contributed by atoms with Crippen molar-refractivity contribution in [2.45, 2.75) is 13.0 Å². The topological polar surface area (TPSA) is 58.6 Å². The summed E-state index contributed by atoms with van der Waals surface area (Å²) >= 11 is 0. The Labute approximate surface area is 88.9 Å². The second-order valence-corrected chi connectivity index (χ2v) is 3.24. The second kappa shape index (κ2) is 5.48. The van der Waals surface area contributed by atoms with Gasteiger partial charge in [0.2, 0.25) is 0 Å². The molecule has 1 rings (SSSR count). The van der Waals surface area contributed by atoms with Crippen molar-refractivity contribution in [3.05, 3.63) is 29.8 Å². The number of likely N-dealkylation sites (N-methyl/N-ethyl adjacent to an activating group) is 1. The molecule has 0 saturated carbocycles. The molecule has 82 valence electrons. The number of esters is 1. The van der Waals surface area contributed by atoms with Crippen LogP contribution in [0.1, 0.15) is 18.6 Å². The van der Waals surface area contributed by atoms with E-state index in [4.69, 9.17) is 4.74 Å². The van der Waals surface area contributed by atoms with Crippen LogP contribution in [0.4, 0.5) is 0 Å². The molecule has 0 bridgehead atoms. The molecule has 0 saturated heterocycles. The Morgan fingerprint density at radius 2 is 2.07 bits per heavy atom. The van der Waals surface area contributed by atoms with Gasteiger partial charge in [-0.25, -0.2) is 0 Å². The molecule has 0 spiro atoms. The SMILES string of the molecule is CNC[C@@H](O)c1ccc(OC(C)=O)cc1. The number of hydrogen-bond donors (Lipinski definition) is 2. The van der Waals surface area contributed by atoms with Crippen LogP contribution in [0.2, 0.25) is 0 Å². The maximum atomic E-state index is 10.7. The molecule has 1 atom stereocenters. The zero-order chi connectivity index (χ0) is 11.3. The highest BCUT2D eigenvalue weighted by Gasteiger charge is 2.06. The van der Waals surface area contributed by atoms with Crippen molar-refractivity contribution in [1.29, 1.82) is 0 Å². The highest BCUT2D eigenvalue weighted by atomic mass is 16.5. The highest BCUT2D eigenvalue weighted by Crippen LogP contribution is 2.17. The normalized spacial score (nSPS) is 12.2. The van der Waals surface area contributed by atoms with E-state index in [1.54, 1.807) is 31.3 Å². The van der Waals surface area contributed by atoms with Gasteiger partial charge in [-0.2, -0.15) is 0 Å². The van der Waals surface area contributed by atoms with Crippen molar-refractivity contribution in [3.8, 4) is 5.75 Å². The maximum Gasteiger partial charge on any atom is 0.308 e. The van der Waals surface area contributed by atoms with Gasteiger partial charge in [-0.05, 0) is 24.7 Å². The van der Waals surface area contributed by atoms with Crippen molar-refractivity contribution in [3.63, 3.8) is 0 Å². The van der Waals surface area contributed by atoms with Crippen LogP contribution in [0.15, 0.2) is 24.3 Å². The third kappa shape index (κ3) is 3.69. The molecule has 0 aliphatic rings. The van der Waals surface area contributed by atoms with E-state index in [0.29, 0.717) is 12.3 Å². The van der Waals surface area contributed by atoms with E-state index in [2.05, 4.69) is 5.32 Å². The third-order valence-corrected chi connectivity index (χ3v) is 1.92. The number of benzene rings is 1. The highest BCUT2D eigenvalue weighted by molar-refractivity contribution is 5.69. The summed E-state index contributed by atoms with van der Waals surface area (Å²) in [6, 6.07) is 6.80. The monoisotopic (exact) mass is 209 g/mol. The van der Waals surface area contributed by atoms with Crippen LogP contribution in [0, 0.1) is 0 Å². The molecule has 0 aliphatic heterocycles. The Morgan fingerprint density at radius 3 is 2.53 bits per heavy atom. The van der Waals surface area contributed by atoms with Crippen molar-refractivity contribution < 1.29 is 14.6 Å². The zero-order valence-electron chi connectivity index (χ0n) is 8.86. The van der Waals surface area contributed by atoms with Gasteiger partial charge in [0.05, 0.1) is 6.10 Å². The first kappa shape index (κ1) is 11.7. The number of aliphatic hydroxyl groups is 1. The molecule has 4 heteroatoms. The average molecular weight is 209 g/mol. The fraction of sp³-hybridized carbons (Fsp3) is 0.364. The number of aliphatic hydroxyl groups excluding tert-OH is 1. The molecule has 0 fully saturated rings. The molecule has 1 aromatic carbocycles. The molecule has 15 heavy (non-hydrogen) atoms. The van der Waals surface area contributed by atoms with E-state index < -0.39 is 6.10 Å². The minimum Gasteiger partial charge on any atom is -0.427 e. The van der Waals surface area contributed by atoms with E-state index in [0.717, 1.165) is 5.56 Å². The third-order valence-electron chi connectivity index (χ3n) is 1.92. The molecular formula is C11H15NO3. The average Bonchev–Trinajstić information content (AvgIpc) is 2.18. The summed E-state index contributed by atoms with van der Waals surface area (Å²) in [7, 11) is 1.77. The smallest absolute Gasteiger partial charge is 0.308 e. The van der Waals surface area contributed by atoms with E-state index in [9.17, 15) is 9.90 Å². The molecule has 4 nitrogen and oxygen atoms in total. The van der Waals surface area contributed by atoms with Crippen molar-refractivity contribution in [1.82, 2.24) is 5.32 Å². The van der Waals surface area contributed by atoms with Crippen LogP contribution in [-0.2, 0) is 4.79 Å². The lowest BCUT2D eigenvalue weighted by atomic mass is 10.1.